The number of nitrogens with zero attached hydrogens (tertiary/aromatic N) is 1. The average Bonchev–Trinajstić information content (AvgIpc) is 3.41. The summed E-state index contributed by atoms with van der Waals surface area (Å²) in [7, 11) is 0. The minimum Gasteiger partial charge on any atom is -0.394 e. The fraction of sp³-hybridized carbons (Fsp3) is 0.483. The first-order valence-corrected chi connectivity index (χ1v) is 13.1. The first-order valence-electron chi connectivity index (χ1n) is 13.1. The standard InChI is InChI=1S/C29H35N3O5/c1-4-21(17-33)32-24(26(35)30-16-19-11-7-5-8-12-19)29-15-18(2)28(3,37-29)22(23(29)27(32)36)25(34)31-20-13-9-6-10-14-20/h5-14,18,21-24,33H,4,15-17H2,1-3H3,(H,30,35)(H,31,34)/t18?,21-,22-,23-,24?,28+,29?/m0/s1. The Kier molecular flexibility index (Phi) is 6.58. The second-order valence-corrected chi connectivity index (χ2v) is 10.8. The van der Waals surface area contributed by atoms with E-state index in [2.05, 4.69) is 10.6 Å². The minimum absolute atomic E-state index is 0.0540. The van der Waals surface area contributed by atoms with Gasteiger partial charge in [-0.1, -0.05) is 62.4 Å². The molecule has 0 radical (unpaired) electrons. The number of fused-ring (bicyclic) bond motifs is 1. The Bertz CT molecular complexity index is 1170. The van der Waals surface area contributed by atoms with Gasteiger partial charge in [0.15, 0.2) is 0 Å². The van der Waals surface area contributed by atoms with Crippen LogP contribution < -0.4 is 10.6 Å². The zero-order valence-electron chi connectivity index (χ0n) is 21.5. The normalized spacial score (nSPS) is 32.8. The smallest absolute Gasteiger partial charge is 0.246 e. The zero-order chi connectivity index (χ0) is 26.4. The van der Waals surface area contributed by atoms with E-state index in [1.807, 2.05) is 69.3 Å². The Balaban J connectivity index is 1.52. The lowest BCUT2D eigenvalue weighted by Crippen LogP contribution is -2.58. The summed E-state index contributed by atoms with van der Waals surface area (Å²) in [6, 6.07) is 17.2. The van der Waals surface area contributed by atoms with Crippen molar-refractivity contribution in [3.63, 3.8) is 0 Å². The monoisotopic (exact) mass is 505 g/mol. The number of aliphatic hydroxyl groups excluding tert-OH is 1. The van der Waals surface area contributed by atoms with Crippen molar-refractivity contribution in [2.24, 2.45) is 17.8 Å². The molecule has 8 heteroatoms. The van der Waals surface area contributed by atoms with Gasteiger partial charge in [-0.2, -0.15) is 0 Å². The van der Waals surface area contributed by atoms with Crippen LogP contribution in [0.1, 0.15) is 39.2 Å². The molecular weight excluding hydrogens is 470 g/mol. The molecule has 3 N–H and O–H groups in total. The summed E-state index contributed by atoms with van der Waals surface area (Å²) in [6.07, 6.45) is 0.956. The van der Waals surface area contributed by atoms with Gasteiger partial charge >= 0.3 is 0 Å². The number of hydrogen-bond acceptors (Lipinski definition) is 5. The maximum Gasteiger partial charge on any atom is 0.246 e. The second kappa shape index (κ2) is 9.58. The summed E-state index contributed by atoms with van der Waals surface area (Å²) in [5.74, 6) is -2.55. The van der Waals surface area contributed by atoms with Gasteiger partial charge < -0.3 is 25.4 Å². The second-order valence-electron chi connectivity index (χ2n) is 10.8. The highest BCUT2D eigenvalue weighted by Gasteiger charge is 2.80. The Morgan fingerprint density at radius 2 is 1.76 bits per heavy atom. The number of hydrogen-bond donors (Lipinski definition) is 3. The van der Waals surface area contributed by atoms with Crippen molar-refractivity contribution in [3.8, 4) is 0 Å². The van der Waals surface area contributed by atoms with Gasteiger partial charge in [-0.15, -0.1) is 0 Å². The summed E-state index contributed by atoms with van der Waals surface area (Å²) < 4.78 is 6.71. The maximum absolute atomic E-state index is 14.1. The van der Waals surface area contributed by atoms with E-state index in [9.17, 15) is 19.5 Å². The van der Waals surface area contributed by atoms with Crippen LogP contribution >= 0.6 is 0 Å². The maximum atomic E-state index is 14.1. The van der Waals surface area contributed by atoms with Crippen molar-refractivity contribution in [1.82, 2.24) is 10.2 Å². The molecule has 3 aliphatic heterocycles. The highest BCUT2D eigenvalue weighted by atomic mass is 16.5. The molecule has 37 heavy (non-hydrogen) atoms. The molecule has 0 aliphatic carbocycles. The predicted octanol–water partition coefficient (Wildman–Crippen LogP) is 2.72. The van der Waals surface area contributed by atoms with Gasteiger partial charge in [-0.25, -0.2) is 0 Å². The third-order valence-electron chi connectivity index (χ3n) is 8.71. The van der Waals surface area contributed by atoms with Crippen LogP contribution in [0.2, 0.25) is 0 Å². The van der Waals surface area contributed by atoms with Gasteiger partial charge in [-0.05, 0) is 43.4 Å². The fourth-order valence-electron chi connectivity index (χ4n) is 6.81. The van der Waals surface area contributed by atoms with E-state index in [1.165, 1.54) is 4.90 Å². The lowest BCUT2D eigenvalue weighted by atomic mass is 9.62. The quantitative estimate of drug-likeness (QED) is 0.511. The van der Waals surface area contributed by atoms with Gasteiger partial charge in [0.2, 0.25) is 17.7 Å². The zero-order valence-corrected chi connectivity index (χ0v) is 21.5. The minimum atomic E-state index is -1.15. The number of aliphatic hydroxyl groups is 1. The lowest BCUT2D eigenvalue weighted by molar-refractivity contribution is -0.150. The molecule has 0 saturated carbocycles. The van der Waals surface area contributed by atoms with Crippen molar-refractivity contribution in [1.29, 1.82) is 0 Å². The Hall–Kier alpha value is -3.23. The molecular formula is C29H35N3O5. The molecule has 0 aromatic heterocycles. The largest absolute Gasteiger partial charge is 0.394 e. The number of carbonyl (C=O) groups is 3. The van der Waals surface area contributed by atoms with E-state index in [1.54, 1.807) is 12.1 Å². The SMILES string of the molecule is CC[C@@H](CO)N1C(=O)[C@@H]2[C@@H](C(=O)Nc3ccccc3)[C@]3(C)OC2(CC3C)C1C(=O)NCc1ccccc1. The van der Waals surface area contributed by atoms with Crippen molar-refractivity contribution < 1.29 is 24.2 Å². The van der Waals surface area contributed by atoms with E-state index in [0.717, 1.165) is 5.56 Å². The van der Waals surface area contributed by atoms with Gasteiger partial charge in [0.1, 0.15) is 11.6 Å². The first-order chi connectivity index (χ1) is 17.8. The van der Waals surface area contributed by atoms with E-state index >= 15 is 0 Å². The van der Waals surface area contributed by atoms with Crippen molar-refractivity contribution in [2.75, 3.05) is 11.9 Å². The van der Waals surface area contributed by atoms with Crippen molar-refractivity contribution in [2.45, 2.75) is 63.4 Å². The Morgan fingerprint density at radius 3 is 2.38 bits per heavy atom. The topological polar surface area (TPSA) is 108 Å². The average molecular weight is 506 g/mol. The third-order valence-corrected chi connectivity index (χ3v) is 8.71. The van der Waals surface area contributed by atoms with Crippen LogP contribution in [0.3, 0.4) is 0 Å². The molecule has 3 fully saturated rings. The Morgan fingerprint density at radius 1 is 1.11 bits per heavy atom. The van der Waals surface area contributed by atoms with Crippen LogP contribution in [0.5, 0.6) is 0 Å². The van der Waals surface area contributed by atoms with Gasteiger partial charge in [0.25, 0.3) is 0 Å². The number of ether oxygens (including phenoxy) is 1. The number of nitrogens with one attached hydrogen (secondary N) is 2. The number of anilines is 1. The molecule has 1 spiro atoms. The van der Waals surface area contributed by atoms with Crippen molar-refractivity contribution >= 4 is 23.4 Å². The number of benzene rings is 2. The molecule has 2 aromatic rings. The number of rotatable bonds is 8. The summed E-state index contributed by atoms with van der Waals surface area (Å²) in [5.41, 5.74) is -0.467. The molecule has 3 unspecified atom stereocenters. The van der Waals surface area contributed by atoms with Crippen molar-refractivity contribution in [3.05, 3.63) is 66.2 Å². The van der Waals surface area contributed by atoms with Gasteiger partial charge in [-0.3, -0.25) is 14.4 Å². The van der Waals surface area contributed by atoms with Crippen LogP contribution in [0.4, 0.5) is 5.69 Å². The van der Waals surface area contributed by atoms with Crippen LogP contribution in [-0.2, 0) is 25.7 Å². The summed E-state index contributed by atoms with van der Waals surface area (Å²) in [6.45, 7) is 5.81. The molecule has 3 heterocycles. The molecule has 2 aromatic carbocycles. The van der Waals surface area contributed by atoms with E-state index in [-0.39, 0.29) is 30.2 Å². The van der Waals surface area contributed by atoms with Gasteiger partial charge in [0.05, 0.1) is 30.1 Å². The van der Waals surface area contributed by atoms with Crippen LogP contribution in [0.15, 0.2) is 60.7 Å². The number of para-hydroxylation sites is 1. The predicted molar refractivity (Wildman–Crippen MR) is 138 cm³/mol. The van der Waals surface area contributed by atoms with Gasteiger partial charge in [0, 0.05) is 12.2 Å². The third kappa shape index (κ3) is 3.94. The molecule has 3 amide bonds. The fourth-order valence-corrected chi connectivity index (χ4v) is 6.81. The van der Waals surface area contributed by atoms with Crippen LogP contribution in [0.25, 0.3) is 0 Å². The molecule has 5 rings (SSSR count). The van der Waals surface area contributed by atoms with Crippen LogP contribution in [-0.4, -0.2) is 57.6 Å². The summed E-state index contributed by atoms with van der Waals surface area (Å²) in [4.78, 5) is 43.2. The number of likely N-dealkylation sites (tertiary alicyclic amines) is 1. The lowest BCUT2D eigenvalue weighted by Gasteiger charge is -2.36. The highest BCUT2D eigenvalue weighted by Crippen LogP contribution is 2.65. The van der Waals surface area contributed by atoms with E-state index < -0.39 is 35.1 Å². The molecule has 7 atom stereocenters. The first kappa shape index (κ1) is 25.4. The Labute approximate surface area is 217 Å². The number of carbonyl (C=O) groups excluding carboxylic acids is 3. The summed E-state index contributed by atoms with van der Waals surface area (Å²) in [5, 5.41) is 16.1. The molecule has 8 nitrogen and oxygen atoms in total. The van der Waals surface area contributed by atoms with Crippen LogP contribution in [0, 0.1) is 17.8 Å². The molecule has 2 bridgehead atoms. The molecule has 196 valence electrons. The molecule has 3 saturated heterocycles. The number of amides is 3. The highest BCUT2D eigenvalue weighted by molar-refractivity contribution is 6.02. The summed E-state index contributed by atoms with van der Waals surface area (Å²) >= 11 is 0. The van der Waals surface area contributed by atoms with E-state index in [0.29, 0.717) is 25.1 Å². The van der Waals surface area contributed by atoms with E-state index in [4.69, 9.17) is 4.74 Å². The molecule has 3 aliphatic rings.